The molecule has 0 aromatic heterocycles. The molecule has 17 heavy (non-hydrogen) atoms. The SMILES string of the molecule is O=S1(=O)CCN([C@H](CO)c2ccccc2)CC1. The number of nitrogens with zero attached hydrogens (tertiary/aromatic N) is 1. The van der Waals surface area contributed by atoms with Crippen molar-refractivity contribution in [2.24, 2.45) is 0 Å². The van der Waals surface area contributed by atoms with E-state index in [9.17, 15) is 13.5 Å². The molecule has 4 nitrogen and oxygen atoms in total. The molecule has 0 unspecified atom stereocenters. The van der Waals surface area contributed by atoms with Gasteiger partial charge in [-0.05, 0) is 5.56 Å². The van der Waals surface area contributed by atoms with Crippen molar-refractivity contribution in [3.8, 4) is 0 Å². The number of sulfone groups is 1. The van der Waals surface area contributed by atoms with Gasteiger partial charge < -0.3 is 5.11 Å². The third kappa shape index (κ3) is 3.06. The lowest BCUT2D eigenvalue weighted by Crippen LogP contribution is -2.43. The fourth-order valence-corrected chi connectivity index (χ4v) is 3.37. The third-order valence-electron chi connectivity index (χ3n) is 3.18. The first-order valence-electron chi connectivity index (χ1n) is 5.73. The Hall–Kier alpha value is -0.910. The molecule has 1 aliphatic rings. The number of rotatable bonds is 3. The van der Waals surface area contributed by atoms with Crippen LogP contribution in [0.1, 0.15) is 11.6 Å². The minimum absolute atomic E-state index is 0.0179. The van der Waals surface area contributed by atoms with Gasteiger partial charge in [-0.15, -0.1) is 0 Å². The van der Waals surface area contributed by atoms with E-state index in [-0.39, 0.29) is 24.2 Å². The van der Waals surface area contributed by atoms with Crippen LogP contribution in [0.5, 0.6) is 0 Å². The molecular weight excluding hydrogens is 238 g/mol. The van der Waals surface area contributed by atoms with Crippen molar-refractivity contribution in [3.63, 3.8) is 0 Å². The Bertz CT molecular complexity index is 444. The van der Waals surface area contributed by atoms with Gasteiger partial charge in [0.25, 0.3) is 0 Å². The van der Waals surface area contributed by atoms with Gasteiger partial charge >= 0.3 is 0 Å². The molecule has 0 aliphatic carbocycles. The Balaban J connectivity index is 2.11. The first-order chi connectivity index (χ1) is 8.12. The monoisotopic (exact) mass is 255 g/mol. The second-order valence-electron chi connectivity index (χ2n) is 4.30. The normalized spacial score (nSPS) is 22.2. The zero-order chi connectivity index (χ0) is 12.3. The predicted octanol–water partition coefficient (Wildman–Crippen LogP) is 0.450. The molecule has 1 heterocycles. The lowest BCUT2D eigenvalue weighted by atomic mass is 10.1. The number of aliphatic hydroxyl groups excluding tert-OH is 1. The molecule has 1 aromatic rings. The number of hydrogen-bond acceptors (Lipinski definition) is 4. The molecule has 1 aromatic carbocycles. The Morgan fingerprint density at radius 2 is 1.76 bits per heavy atom. The summed E-state index contributed by atoms with van der Waals surface area (Å²) in [5.74, 6) is 0.382. The van der Waals surface area contributed by atoms with Crippen LogP contribution in [0.3, 0.4) is 0 Å². The first-order valence-corrected chi connectivity index (χ1v) is 7.55. The molecule has 2 rings (SSSR count). The van der Waals surface area contributed by atoms with Crippen LogP contribution in [0.2, 0.25) is 0 Å². The van der Waals surface area contributed by atoms with E-state index < -0.39 is 9.84 Å². The summed E-state index contributed by atoms with van der Waals surface area (Å²) in [6.45, 7) is 1.02. The minimum Gasteiger partial charge on any atom is -0.394 e. The summed E-state index contributed by atoms with van der Waals surface area (Å²) < 4.78 is 22.7. The smallest absolute Gasteiger partial charge is 0.152 e. The molecule has 1 N–H and O–H groups in total. The van der Waals surface area contributed by atoms with Gasteiger partial charge in [0.2, 0.25) is 0 Å². The van der Waals surface area contributed by atoms with E-state index in [0.29, 0.717) is 13.1 Å². The Labute approximate surface area is 102 Å². The number of hydrogen-bond donors (Lipinski definition) is 1. The van der Waals surface area contributed by atoms with Crippen molar-refractivity contribution in [1.82, 2.24) is 4.90 Å². The topological polar surface area (TPSA) is 57.6 Å². The molecule has 0 saturated carbocycles. The summed E-state index contributed by atoms with van der Waals surface area (Å²) in [6.07, 6.45) is 0. The van der Waals surface area contributed by atoms with Crippen molar-refractivity contribution in [2.45, 2.75) is 6.04 Å². The summed E-state index contributed by atoms with van der Waals surface area (Å²) in [7, 11) is -2.86. The lowest BCUT2D eigenvalue weighted by Gasteiger charge is -2.33. The Kier molecular flexibility index (Phi) is 3.81. The van der Waals surface area contributed by atoms with E-state index in [1.807, 2.05) is 35.2 Å². The van der Waals surface area contributed by atoms with Gasteiger partial charge in [-0.1, -0.05) is 30.3 Å². The van der Waals surface area contributed by atoms with Crippen molar-refractivity contribution < 1.29 is 13.5 Å². The molecule has 0 radical (unpaired) electrons. The molecule has 1 atom stereocenters. The molecule has 0 bridgehead atoms. The van der Waals surface area contributed by atoms with Crippen molar-refractivity contribution in [2.75, 3.05) is 31.2 Å². The minimum atomic E-state index is -2.86. The van der Waals surface area contributed by atoms with E-state index in [1.54, 1.807) is 0 Å². The van der Waals surface area contributed by atoms with Gasteiger partial charge in [-0.3, -0.25) is 4.90 Å². The van der Waals surface area contributed by atoms with Gasteiger partial charge in [0.15, 0.2) is 9.84 Å². The maximum absolute atomic E-state index is 11.4. The summed E-state index contributed by atoms with van der Waals surface area (Å²) >= 11 is 0. The van der Waals surface area contributed by atoms with E-state index >= 15 is 0 Å². The largest absolute Gasteiger partial charge is 0.394 e. The van der Waals surface area contributed by atoms with Crippen LogP contribution in [0, 0.1) is 0 Å². The van der Waals surface area contributed by atoms with Crippen molar-refractivity contribution in [1.29, 1.82) is 0 Å². The molecule has 1 fully saturated rings. The van der Waals surface area contributed by atoms with E-state index in [4.69, 9.17) is 0 Å². The van der Waals surface area contributed by atoms with Crippen LogP contribution in [0.4, 0.5) is 0 Å². The van der Waals surface area contributed by atoms with E-state index in [1.165, 1.54) is 0 Å². The van der Waals surface area contributed by atoms with Crippen LogP contribution in [-0.4, -0.2) is 49.6 Å². The fourth-order valence-electron chi connectivity index (χ4n) is 2.15. The Morgan fingerprint density at radius 3 is 2.29 bits per heavy atom. The lowest BCUT2D eigenvalue weighted by molar-refractivity contribution is 0.131. The molecule has 0 spiro atoms. The van der Waals surface area contributed by atoms with Crippen molar-refractivity contribution >= 4 is 9.84 Å². The first kappa shape index (κ1) is 12.5. The molecule has 0 amide bonds. The molecule has 1 saturated heterocycles. The third-order valence-corrected chi connectivity index (χ3v) is 4.79. The standard InChI is InChI=1S/C12H17NO3S/c14-10-12(11-4-2-1-3-5-11)13-6-8-17(15,16)9-7-13/h1-5,12,14H,6-10H2/t12-/m1/s1. The average molecular weight is 255 g/mol. The summed E-state index contributed by atoms with van der Waals surface area (Å²) in [5.41, 5.74) is 1.04. The summed E-state index contributed by atoms with van der Waals surface area (Å²) in [6, 6.07) is 9.62. The Morgan fingerprint density at radius 1 is 1.18 bits per heavy atom. The summed E-state index contributed by atoms with van der Waals surface area (Å²) in [4.78, 5) is 2.04. The van der Waals surface area contributed by atoms with Crippen LogP contribution in [0.25, 0.3) is 0 Å². The highest BCUT2D eigenvalue weighted by molar-refractivity contribution is 7.91. The highest BCUT2D eigenvalue weighted by Gasteiger charge is 2.27. The summed E-state index contributed by atoms with van der Waals surface area (Å²) in [5, 5.41) is 9.47. The van der Waals surface area contributed by atoms with Crippen molar-refractivity contribution in [3.05, 3.63) is 35.9 Å². The second-order valence-corrected chi connectivity index (χ2v) is 6.60. The van der Waals surface area contributed by atoms with Gasteiger partial charge in [0.05, 0.1) is 24.2 Å². The van der Waals surface area contributed by atoms with Gasteiger partial charge in [0.1, 0.15) is 0 Å². The van der Waals surface area contributed by atoms with Crippen LogP contribution in [-0.2, 0) is 9.84 Å². The van der Waals surface area contributed by atoms with Crippen LogP contribution < -0.4 is 0 Å². The fraction of sp³-hybridized carbons (Fsp3) is 0.500. The highest BCUT2D eigenvalue weighted by atomic mass is 32.2. The average Bonchev–Trinajstić information content (AvgIpc) is 2.33. The maximum Gasteiger partial charge on any atom is 0.152 e. The van der Waals surface area contributed by atoms with Crippen LogP contribution in [0.15, 0.2) is 30.3 Å². The second kappa shape index (κ2) is 5.16. The predicted molar refractivity (Wildman–Crippen MR) is 66.5 cm³/mol. The zero-order valence-electron chi connectivity index (χ0n) is 9.62. The van der Waals surface area contributed by atoms with Crippen LogP contribution >= 0.6 is 0 Å². The van der Waals surface area contributed by atoms with E-state index in [2.05, 4.69) is 0 Å². The quantitative estimate of drug-likeness (QED) is 0.852. The van der Waals surface area contributed by atoms with Gasteiger partial charge in [-0.2, -0.15) is 0 Å². The molecule has 1 aliphatic heterocycles. The zero-order valence-corrected chi connectivity index (χ0v) is 10.4. The molecule has 5 heteroatoms. The van der Waals surface area contributed by atoms with Gasteiger partial charge in [0, 0.05) is 13.1 Å². The molecular formula is C12H17NO3S. The highest BCUT2D eigenvalue weighted by Crippen LogP contribution is 2.21. The maximum atomic E-state index is 11.4. The van der Waals surface area contributed by atoms with E-state index in [0.717, 1.165) is 5.56 Å². The number of benzene rings is 1. The van der Waals surface area contributed by atoms with Gasteiger partial charge in [-0.25, -0.2) is 8.42 Å². The molecule has 94 valence electrons. The number of aliphatic hydroxyl groups is 1.